The lowest BCUT2D eigenvalue weighted by Crippen LogP contribution is -2.29. The van der Waals surface area contributed by atoms with Crippen LogP contribution < -0.4 is 5.32 Å². The molecule has 1 aromatic heterocycles. The Morgan fingerprint density at radius 3 is 2.81 bits per heavy atom. The average molecular weight is 220 g/mol. The molecule has 1 amide bonds. The van der Waals surface area contributed by atoms with Crippen molar-refractivity contribution in [2.75, 3.05) is 13.1 Å². The predicted octanol–water partition coefficient (Wildman–Crippen LogP) is 0.259. The van der Waals surface area contributed by atoms with Gasteiger partial charge in [-0.05, 0) is 12.8 Å². The molecule has 0 saturated carbocycles. The molecule has 86 valence electrons. The van der Waals surface area contributed by atoms with Gasteiger partial charge in [-0.1, -0.05) is 0 Å². The van der Waals surface area contributed by atoms with E-state index >= 15 is 0 Å². The van der Waals surface area contributed by atoms with Crippen molar-refractivity contribution in [3.63, 3.8) is 0 Å². The van der Waals surface area contributed by atoms with Gasteiger partial charge in [0, 0.05) is 38.8 Å². The topological polar surface area (TPSA) is 50.2 Å². The zero-order valence-electron chi connectivity index (χ0n) is 9.49. The molecule has 1 fully saturated rings. The summed E-state index contributed by atoms with van der Waals surface area (Å²) in [7, 11) is 1.91. The highest BCUT2D eigenvalue weighted by Gasteiger charge is 2.28. The van der Waals surface area contributed by atoms with Gasteiger partial charge in [-0.2, -0.15) is 5.10 Å². The molecule has 0 aliphatic carbocycles. The van der Waals surface area contributed by atoms with Crippen molar-refractivity contribution in [1.82, 2.24) is 20.0 Å². The second-order valence-corrected chi connectivity index (χ2v) is 4.50. The molecule has 0 aromatic carbocycles. The minimum absolute atomic E-state index is 0.109. The van der Waals surface area contributed by atoms with Gasteiger partial charge in [0.2, 0.25) is 0 Å². The number of carbonyl (C=O) groups excluding carboxylic acids is 1. The molecular formula is C11H16N4O. The molecule has 5 nitrogen and oxygen atoms in total. The van der Waals surface area contributed by atoms with E-state index in [-0.39, 0.29) is 5.91 Å². The maximum absolute atomic E-state index is 12.2. The van der Waals surface area contributed by atoms with Crippen LogP contribution in [0.15, 0.2) is 0 Å². The first-order valence-electron chi connectivity index (χ1n) is 5.82. The number of aromatic nitrogens is 2. The van der Waals surface area contributed by atoms with E-state index in [1.807, 2.05) is 16.6 Å². The first-order chi connectivity index (χ1) is 7.77. The molecule has 0 bridgehead atoms. The molecule has 0 atom stereocenters. The Labute approximate surface area is 94.4 Å². The summed E-state index contributed by atoms with van der Waals surface area (Å²) in [5.74, 6) is 0.109. The van der Waals surface area contributed by atoms with E-state index in [1.165, 1.54) is 0 Å². The number of nitrogens with one attached hydrogen (secondary N) is 1. The van der Waals surface area contributed by atoms with Crippen LogP contribution in [0.5, 0.6) is 0 Å². The van der Waals surface area contributed by atoms with Gasteiger partial charge in [0.15, 0.2) is 5.69 Å². The molecule has 0 spiro atoms. The number of hydrogen-bond acceptors (Lipinski definition) is 3. The van der Waals surface area contributed by atoms with Gasteiger partial charge in [0.1, 0.15) is 0 Å². The Morgan fingerprint density at radius 1 is 1.31 bits per heavy atom. The van der Waals surface area contributed by atoms with E-state index in [2.05, 4.69) is 10.4 Å². The van der Waals surface area contributed by atoms with Gasteiger partial charge in [0.25, 0.3) is 5.91 Å². The normalized spacial score (nSPS) is 19.2. The molecule has 2 aliphatic rings. The Morgan fingerprint density at radius 2 is 2.06 bits per heavy atom. The van der Waals surface area contributed by atoms with Gasteiger partial charge in [-0.15, -0.1) is 0 Å². The SMILES string of the molecule is Cn1nc(C(=O)N2CCCC2)c2c1CNC2. The highest BCUT2D eigenvalue weighted by Crippen LogP contribution is 2.21. The van der Waals surface area contributed by atoms with E-state index in [1.54, 1.807) is 0 Å². The van der Waals surface area contributed by atoms with Crippen LogP contribution in [0.3, 0.4) is 0 Å². The summed E-state index contributed by atoms with van der Waals surface area (Å²) in [5, 5.41) is 7.63. The maximum atomic E-state index is 12.2. The first kappa shape index (κ1) is 9.84. The van der Waals surface area contributed by atoms with Gasteiger partial charge in [-0.25, -0.2) is 0 Å². The van der Waals surface area contributed by atoms with E-state index < -0.39 is 0 Å². The zero-order chi connectivity index (χ0) is 11.1. The molecule has 3 heterocycles. The molecular weight excluding hydrogens is 204 g/mol. The van der Waals surface area contributed by atoms with Crippen LogP contribution in [-0.2, 0) is 20.1 Å². The number of carbonyl (C=O) groups is 1. The zero-order valence-corrected chi connectivity index (χ0v) is 9.49. The lowest BCUT2D eigenvalue weighted by molar-refractivity contribution is 0.0785. The third-order valence-corrected chi connectivity index (χ3v) is 3.46. The largest absolute Gasteiger partial charge is 0.337 e. The van der Waals surface area contributed by atoms with Gasteiger partial charge >= 0.3 is 0 Å². The van der Waals surface area contributed by atoms with Crippen molar-refractivity contribution in [2.45, 2.75) is 25.9 Å². The van der Waals surface area contributed by atoms with Crippen LogP contribution in [0.25, 0.3) is 0 Å². The standard InChI is InChI=1S/C11H16N4O/c1-14-9-7-12-6-8(9)10(13-14)11(16)15-4-2-3-5-15/h12H,2-7H2,1H3. The third kappa shape index (κ3) is 1.35. The van der Waals surface area contributed by atoms with Crippen LogP contribution >= 0.6 is 0 Å². The average Bonchev–Trinajstić information content (AvgIpc) is 2.94. The van der Waals surface area contributed by atoms with Crippen molar-refractivity contribution in [2.24, 2.45) is 7.05 Å². The fourth-order valence-corrected chi connectivity index (χ4v) is 2.56. The highest BCUT2D eigenvalue weighted by atomic mass is 16.2. The Kier molecular flexibility index (Phi) is 2.21. The second kappa shape index (κ2) is 3.59. The molecule has 1 saturated heterocycles. The predicted molar refractivity (Wildman–Crippen MR) is 58.9 cm³/mol. The third-order valence-electron chi connectivity index (χ3n) is 3.46. The van der Waals surface area contributed by atoms with Crippen molar-refractivity contribution >= 4 is 5.91 Å². The first-order valence-corrected chi connectivity index (χ1v) is 5.82. The van der Waals surface area contributed by atoms with Crippen LogP contribution in [0, 0.1) is 0 Å². The number of likely N-dealkylation sites (tertiary alicyclic amines) is 1. The fraction of sp³-hybridized carbons (Fsp3) is 0.636. The van der Waals surface area contributed by atoms with Gasteiger partial charge in [0.05, 0.1) is 5.69 Å². The maximum Gasteiger partial charge on any atom is 0.274 e. The molecule has 0 radical (unpaired) electrons. The van der Waals surface area contributed by atoms with Crippen molar-refractivity contribution in [3.8, 4) is 0 Å². The second-order valence-electron chi connectivity index (χ2n) is 4.50. The number of rotatable bonds is 1. The van der Waals surface area contributed by atoms with E-state index in [9.17, 15) is 4.79 Å². The molecule has 3 rings (SSSR count). The van der Waals surface area contributed by atoms with E-state index in [4.69, 9.17) is 0 Å². The monoisotopic (exact) mass is 220 g/mol. The Hall–Kier alpha value is -1.36. The van der Waals surface area contributed by atoms with Crippen molar-refractivity contribution in [3.05, 3.63) is 17.0 Å². The van der Waals surface area contributed by atoms with Crippen molar-refractivity contribution < 1.29 is 4.79 Å². The summed E-state index contributed by atoms with van der Waals surface area (Å²) in [5.41, 5.74) is 2.91. The molecule has 16 heavy (non-hydrogen) atoms. The summed E-state index contributed by atoms with van der Waals surface area (Å²) in [6.07, 6.45) is 2.25. The van der Waals surface area contributed by atoms with E-state index in [0.29, 0.717) is 5.69 Å². The Bertz CT molecular complexity index is 431. The lowest BCUT2D eigenvalue weighted by atomic mass is 10.2. The minimum Gasteiger partial charge on any atom is -0.337 e. The Balaban J connectivity index is 1.94. The quantitative estimate of drug-likeness (QED) is 0.738. The number of amides is 1. The van der Waals surface area contributed by atoms with Crippen LogP contribution in [0.4, 0.5) is 0 Å². The lowest BCUT2D eigenvalue weighted by Gasteiger charge is -2.13. The molecule has 1 N–H and O–H groups in total. The molecule has 0 unspecified atom stereocenters. The number of aryl methyl sites for hydroxylation is 1. The summed E-state index contributed by atoms with van der Waals surface area (Å²) < 4.78 is 1.83. The van der Waals surface area contributed by atoms with Crippen LogP contribution in [-0.4, -0.2) is 33.7 Å². The van der Waals surface area contributed by atoms with Gasteiger partial charge in [-0.3, -0.25) is 9.48 Å². The number of hydrogen-bond donors (Lipinski definition) is 1. The number of fused-ring (bicyclic) bond motifs is 1. The minimum atomic E-state index is 0.109. The summed E-state index contributed by atoms with van der Waals surface area (Å²) in [6.45, 7) is 3.37. The fourth-order valence-electron chi connectivity index (χ4n) is 2.56. The summed E-state index contributed by atoms with van der Waals surface area (Å²) >= 11 is 0. The molecule has 1 aromatic rings. The summed E-state index contributed by atoms with van der Waals surface area (Å²) in [6, 6.07) is 0. The van der Waals surface area contributed by atoms with Crippen LogP contribution in [0.1, 0.15) is 34.6 Å². The highest BCUT2D eigenvalue weighted by molar-refractivity contribution is 5.94. The molecule has 2 aliphatic heterocycles. The number of nitrogens with zero attached hydrogens (tertiary/aromatic N) is 3. The molecule has 5 heteroatoms. The van der Waals surface area contributed by atoms with E-state index in [0.717, 1.165) is 50.3 Å². The van der Waals surface area contributed by atoms with Crippen LogP contribution in [0.2, 0.25) is 0 Å². The smallest absolute Gasteiger partial charge is 0.274 e. The van der Waals surface area contributed by atoms with Gasteiger partial charge < -0.3 is 10.2 Å². The summed E-state index contributed by atoms with van der Waals surface area (Å²) in [4.78, 5) is 14.2. The van der Waals surface area contributed by atoms with Crippen molar-refractivity contribution in [1.29, 1.82) is 0 Å².